The third kappa shape index (κ3) is 7.95. The maximum atomic E-state index is 14.0. The summed E-state index contributed by atoms with van der Waals surface area (Å²) in [5.74, 6) is 0.344. The Bertz CT molecular complexity index is 872. The van der Waals surface area contributed by atoms with Crippen LogP contribution in [-0.4, -0.2) is 49.2 Å². The first kappa shape index (κ1) is 25.9. The summed E-state index contributed by atoms with van der Waals surface area (Å²) in [6.07, 6.45) is 3.43. The van der Waals surface area contributed by atoms with E-state index >= 15 is 0 Å². The second-order valence-electron chi connectivity index (χ2n) is 7.26. The lowest BCUT2D eigenvalue weighted by Gasteiger charge is -2.32. The van der Waals surface area contributed by atoms with Crippen LogP contribution in [0, 0.1) is 11.6 Å². The van der Waals surface area contributed by atoms with E-state index in [1.54, 1.807) is 18.1 Å². The molecule has 1 fully saturated rings. The molecule has 0 saturated carbocycles. The first-order valence-corrected chi connectivity index (χ1v) is 10.5. The molecular weight excluding hydrogens is 533 g/mol. The van der Waals surface area contributed by atoms with Crippen molar-refractivity contribution in [2.75, 3.05) is 26.2 Å². The number of furan rings is 1. The molecule has 32 heavy (non-hydrogen) atoms. The van der Waals surface area contributed by atoms with Crippen molar-refractivity contribution in [3.63, 3.8) is 0 Å². The molecular formula is C22H29F2IN4O3. The van der Waals surface area contributed by atoms with Crippen LogP contribution in [0.15, 0.2) is 46.0 Å². The molecule has 0 atom stereocenters. The lowest BCUT2D eigenvalue weighted by molar-refractivity contribution is 0.0963. The summed E-state index contributed by atoms with van der Waals surface area (Å²) >= 11 is 0. The van der Waals surface area contributed by atoms with Crippen molar-refractivity contribution in [3.8, 4) is 0 Å². The molecule has 1 saturated heterocycles. The predicted octanol–water partition coefficient (Wildman–Crippen LogP) is 4.07. The number of hydrogen-bond acceptors (Lipinski definition) is 4. The molecule has 0 spiro atoms. The fraction of sp³-hybridized carbons (Fsp3) is 0.455. The Morgan fingerprint density at radius 3 is 2.75 bits per heavy atom. The first-order valence-electron chi connectivity index (χ1n) is 10.5. The largest absolute Gasteiger partial charge is 0.469 e. The lowest BCUT2D eigenvalue weighted by atomic mass is 10.1. The SMILES string of the molecule is CCOC(=O)N1CCC(NC(=NCc2cc(F)ccc2F)NCCc2ccco2)CC1.I. The molecule has 0 bridgehead atoms. The van der Waals surface area contributed by atoms with Crippen LogP contribution in [-0.2, 0) is 17.7 Å². The summed E-state index contributed by atoms with van der Waals surface area (Å²) in [6.45, 7) is 3.85. The quantitative estimate of drug-likeness (QED) is 0.302. The number of guanidine groups is 1. The molecule has 1 amide bonds. The second-order valence-corrected chi connectivity index (χ2v) is 7.26. The predicted molar refractivity (Wildman–Crippen MR) is 128 cm³/mol. The van der Waals surface area contributed by atoms with Gasteiger partial charge in [-0.15, -0.1) is 24.0 Å². The second kappa shape index (κ2) is 13.2. The molecule has 10 heteroatoms. The molecule has 1 aliphatic rings. The highest BCUT2D eigenvalue weighted by Crippen LogP contribution is 2.13. The number of halogens is 3. The molecule has 1 aliphatic heterocycles. The van der Waals surface area contributed by atoms with Gasteiger partial charge in [-0.1, -0.05) is 0 Å². The number of carbonyl (C=O) groups excluding carboxylic acids is 1. The van der Waals surface area contributed by atoms with Gasteiger partial charge in [0.25, 0.3) is 0 Å². The summed E-state index contributed by atoms with van der Waals surface area (Å²) in [5, 5.41) is 6.57. The molecule has 1 aromatic heterocycles. The third-order valence-electron chi connectivity index (χ3n) is 5.02. The zero-order chi connectivity index (χ0) is 22.1. The van der Waals surface area contributed by atoms with Crippen LogP contribution >= 0.6 is 24.0 Å². The topological polar surface area (TPSA) is 79.1 Å². The van der Waals surface area contributed by atoms with Gasteiger partial charge in [0.2, 0.25) is 0 Å². The van der Waals surface area contributed by atoms with Crippen LogP contribution in [0.1, 0.15) is 31.1 Å². The van der Waals surface area contributed by atoms with Gasteiger partial charge >= 0.3 is 6.09 Å². The maximum absolute atomic E-state index is 14.0. The molecule has 0 unspecified atom stereocenters. The van der Waals surface area contributed by atoms with Crippen LogP contribution in [0.5, 0.6) is 0 Å². The van der Waals surface area contributed by atoms with Crippen molar-refractivity contribution >= 4 is 36.0 Å². The number of rotatable bonds is 7. The highest BCUT2D eigenvalue weighted by Gasteiger charge is 2.24. The normalized spacial score (nSPS) is 14.6. The number of hydrogen-bond donors (Lipinski definition) is 2. The van der Waals surface area contributed by atoms with E-state index in [4.69, 9.17) is 9.15 Å². The van der Waals surface area contributed by atoms with Gasteiger partial charge in [0.1, 0.15) is 17.4 Å². The smallest absolute Gasteiger partial charge is 0.409 e. The summed E-state index contributed by atoms with van der Waals surface area (Å²) in [6, 6.07) is 7.14. The Labute approximate surface area is 203 Å². The fourth-order valence-corrected chi connectivity index (χ4v) is 3.35. The van der Waals surface area contributed by atoms with E-state index in [1.807, 2.05) is 12.1 Å². The van der Waals surface area contributed by atoms with Crippen LogP contribution in [0.25, 0.3) is 0 Å². The van der Waals surface area contributed by atoms with Crippen molar-refractivity contribution in [1.29, 1.82) is 0 Å². The minimum absolute atomic E-state index is 0. The Hall–Kier alpha value is -2.37. The van der Waals surface area contributed by atoms with E-state index in [-0.39, 0.29) is 48.2 Å². The molecule has 7 nitrogen and oxygen atoms in total. The Balaban J connectivity index is 0.00000363. The van der Waals surface area contributed by atoms with Gasteiger partial charge in [-0.3, -0.25) is 0 Å². The molecule has 1 aromatic carbocycles. The number of benzene rings is 1. The maximum Gasteiger partial charge on any atom is 0.409 e. The number of likely N-dealkylation sites (tertiary alicyclic amines) is 1. The minimum Gasteiger partial charge on any atom is -0.469 e. The number of carbonyl (C=O) groups is 1. The monoisotopic (exact) mass is 562 g/mol. The average molecular weight is 562 g/mol. The van der Waals surface area contributed by atoms with Crippen molar-refractivity contribution in [2.45, 2.75) is 38.8 Å². The Kier molecular flexibility index (Phi) is 10.7. The van der Waals surface area contributed by atoms with Crippen LogP contribution in [0.2, 0.25) is 0 Å². The molecule has 2 N–H and O–H groups in total. The van der Waals surface area contributed by atoms with Crippen molar-refractivity contribution in [1.82, 2.24) is 15.5 Å². The molecule has 2 aromatic rings. The Morgan fingerprint density at radius 2 is 2.06 bits per heavy atom. The van der Waals surface area contributed by atoms with E-state index < -0.39 is 11.6 Å². The van der Waals surface area contributed by atoms with E-state index in [2.05, 4.69) is 15.6 Å². The summed E-state index contributed by atoms with van der Waals surface area (Å²) < 4.78 is 37.8. The number of nitrogens with zero attached hydrogens (tertiary/aromatic N) is 2. The molecule has 3 rings (SSSR count). The van der Waals surface area contributed by atoms with Crippen molar-refractivity contribution in [3.05, 3.63) is 59.6 Å². The first-order chi connectivity index (χ1) is 15.0. The number of piperidine rings is 1. The van der Waals surface area contributed by atoms with E-state index in [0.717, 1.165) is 36.8 Å². The lowest BCUT2D eigenvalue weighted by Crippen LogP contribution is -2.50. The van der Waals surface area contributed by atoms with Gasteiger partial charge in [-0.2, -0.15) is 0 Å². The van der Waals surface area contributed by atoms with Gasteiger partial charge in [0, 0.05) is 37.7 Å². The van der Waals surface area contributed by atoms with Gasteiger partial charge in [-0.25, -0.2) is 18.6 Å². The van der Waals surface area contributed by atoms with E-state index in [0.29, 0.717) is 38.6 Å². The molecule has 0 radical (unpaired) electrons. The number of ether oxygens (including phenoxy) is 1. The number of nitrogens with one attached hydrogen (secondary N) is 2. The highest BCUT2D eigenvalue weighted by molar-refractivity contribution is 14.0. The van der Waals surface area contributed by atoms with Gasteiger partial charge in [0.15, 0.2) is 5.96 Å². The highest BCUT2D eigenvalue weighted by atomic mass is 127. The summed E-state index contributed by atoms with van der Waals surface area (Å²) in [7, 11) is 0. The van der Waals surface area contributed by atoms with Crippen LogP contribution in [0.3, 0.4) is 0 Å². The molecule has 176 valence electrons. The average Bonchev–Trinajstić information content (AvgIpc) is 3.28. The van der Waals surface area contributed by atoms with Crippen molar-refractivity contribution in [2.24, 2.45) is 4.99 Å². The van der Waals surface area contributed by atoms with Crippen LogP contribution < -0.4 is 10.6 Å². The van der Waals surface area contributed by atoms with E-state index in [9.17, 15) is 13.6 Å². The third-order valence-corrected chi connectivity index (χ3v) is 5.02. The minimum atomic E-state index is -0.502. The van der Waals surface area contributed by atoms with E-state index in [1.165, 1.54) is 0 Å². The van der Waals surface area contributed by atoms with Gasteiger partial charge in [0.05, 0.1) is 19.4 Å². The van der Waals surface area contributed by atoms with Crippen LogP contribution in [0.4, 0.5) is 13.6 Å². The zero-order valence-corrected chi connectivity index (χ0v) is 20.3. The van der Waals surface area contributed by atoms with Crippen molar-refractivity contribution < 1.29 is 22.7 Å². The Morgan fingerprint density at radius 1 is 1.28 bits per heavy atom. The van der Waals surface area contributed by atoms with Gasteiger partial charge in [-0.05, 0) is 50.1 Å². The zero-order valence-electron chi connectivity index (χ0n) is 18.0. The standard InChI is InChI=1S/C22H28F2N4O3.HI/c1-2-30-22(29)28-11-8-18(9-12-28)27-21(25-10-7-19-4-3-13-31-19)26-15-16-14-17(23)5-6-20(16)24;/h3-6,13-14,18H,2,7-12,15H2,1H3,(H2,25,26,27);1H. The number of amides is 1. The molecule has 0 aliphatic carbocycles. The number of aliphatic imine (C=N–C) groups is 1. The fourth-order valence-electron chi connectivity index (χ4n) is 3.35. The molecule has 2 heterocycles. The summed E-state index contributed by atoms with van der Waals surface area (Å²) in [4.78, 5) is 18.0. The summed E-state index contributed by atoms with van der Waals surface area (Å²) in [5.41, 5.74) is 0.185. The van der Waals surface area contributed by atoms with Gasteiger partial charge < -0.3 is 24.7 Å².